The molecule has 0 atom stereocenters. The van der Waals surface area contributed by atoms with Crippen molar-refractivity contribution in [2.75, 3.05) is 0 Å². The number of fused-ring (bicyclic) bond motifs is 2. The fraction of sp³-hybridized carbons (Fsp3) is 0.130. The van der Waals surface area contributed by atoms with Crippen molar-refractivity contribution in [3.8, 4) is 0 Å². The summed E-state index contributed by atoms with van der Waals surface area (Å²) in [5.74, 6) is 0. The summed E-state index contributed by atoms with van der Waals surface area (Å²) in [5.41, 5.74) is 5.37. The predicted molar refractivity (Wildman–Crippen MR) is 106 cm³/mol. The minimum absolute atomic E-state index is 0.967. The molecule has 0 fully saturated rings. The fourth-order valence-electron chi connectivity index (χ4n) is 3.58. The van der Waals surface area contributed by atoms with Crippen molar-refractivity contribution in [1.82, 2.24) is 0 Å². The van der Waals surface area contributed by atoms with Gasteiger partial charge in [-0.15, -0.1) is 0 Å². The molecule has 0 bridgehead atoms. The highest BCUT2D eigenvalue weighted by molar-refractivity contribution is 6.56. The van der Waals surface area contributed by atoms with Gasteiger partial charge in [0, 0.05) is 0 Å². The van der Waals surface area contributed by atoms with Crippen LogP contribution in [0.25, 0.3) is 21.5 Å². The third-order valence-electron chi connectivity index (χ3n) is 4.62. The number of hydrogen-bond donors (Lipinski definition) is 0. The molecule has 0 aliphatic heterocycles. The molecule has 4 rings (SSSR count). The maximum Gasteiger partial charge on any atom is 0.157 e. The quantitative estimate of drug-likeness (QED) is 0.363. The Balaban J connectivity index is 1.72. The molecule has 0 aliphatic rings. The van der Waals surface area contributed by atoms with Crippen molar-refractivity contribution in [2.45, 2.75) is 20.2 Å². The molecule has 0 amide bonds. The van der Waals surface area contributed by atoms with E-state index in [-0.39, 0.29) is 0 Å². The van der Waals surface area contributed by atoms with E-state index >= 15 is 0 Å². The average molecular weight is 307 g/mol. The highest BCUT2D eigenvalue weighted by atomic mass is 14.0. The SMILES string of the molecule is Cc1cc(C)cc(C[B]c2cccc3cc4ccccc4cc23)c1. The molecule has 1 heteroatoms. The van der Waals surface area contributed by atoms with Crippen LogP contribution in [0.2, 0.25) is 0 Å². The van der Waals surface area contributed by atoms with Crippen LogP contribution in [0, 0.1) is 13.8 Å². The first kappa shape index (κ1) is 15.0. The van der Waals surface area contributed by atoms with Crippen LogP contribution in [0.1, 0.15) is 16.7 Å². The van der Waals surface area contributed by atoms with Crippen LogP contribution in [-0.2, 0) is 6.32 Å². The Morgan fingerprint density at radius 3 is 2.08 bits per heavy atom. The molecule has 0 saturated heterocycles. The van der Waals surface area contributed by atoms with Crippen molar-refractivity contribution < 1.29 is 0 Å². The lowest BCUT2D eigenvalue weighted by Crippen LogP contribution is -2.17. The number of rotatable bonds is 3. The van der Waals surface area contributed by atoms with E-state index in [1.54, 1.807) is 0 Å². The van der Waals surface area contributed by atoms with Gasteiger partial charge in [0.05, 0.1) is 0 Å². The van der Waals surface area contributed by atoms with Gasteiger partial charge < -0.3 is 0 Å². The van der Waals surface area contributed by atoms with E-state index in [9.17, 15) is 0 Å². The standard InChI is InChI=1S/C23H20B/c1-16-10-17(2)12-18(11-16)15-24-23-9-5-8-21-13-19-6-3-4-7-20(19)14-22(21)23/h3-14H,15H2,1-2H3. The number of aryl methyl sites for hydroxylation is 2. The first-order valence-corrected chi connectivity index (χ1v) is 8.51. The van der Waals surface area contributed by atoms with Crippen LogP contribution in [0.15, 0.2) is 72.8 Å². The Morgan fingerprint density at radius 1 is 0.667 bits per heavy atom. The van der Waals surface area contributed by atoms with Gasteiger partial charge in [-0.1, -0.05) is 82.8 Å². The fourth-order valence-corrected chi connectivity index (χ4v) is 3.58. The summed E-state index contributed by atoms with van der Waals surface area (Å²) in [4.78, 5) is 0. The van der Waals surface area contributed by atoms with Crippen molar-refractivity contribution in [1.29, 1.82) is 0 Å². The Bertz CT molecular complexity index is 1010. The highest BCUT2D eigenvalue weighted by Crippen LogP contribution is 2.21. The van der Waals surface area contributed by atoms with Gasteiger partial charge in [-0.25, -0.2) is 0 Å². The molecule has 4 aromatic rings. The monoisotopic (exact) mass is 307 g/mol. The van der Waals surface area contributed by atoms with Gasteiger partial charge in [0.25, 0.3) is 0 Å². The Labute approximate surface area is 144 Å². The summed E-state index contributed by atoms with van der Waals surface area (Å²) >= 11 is 0. The van der Waals surface area contributed by atoms with Crippen LogP contribution >= 0.6 is 0 Å². The van der Waals surface area contributed by atoms with Gasteiger partial charge in [-0.2, -0.15) is 0 Å². The Morgan fingerprint density at radius 2 is 1.33 bits per heavy atom. The van der Waals surface area contributed by atoms with Gasteiger partial charge in [0.15, 0.2) is 7.28 Å². The molecule has 0 spiro atoms. The molecule has 1 radical (unpaired) electrons. The number of hydrogen-bond acceptors (Lipinski definition) is 0. The van der Waals surface area contributed by atoms with E-state index in [1.807, 2.05) is 0 Å². The van der Waals surface area contributed by atoms with Crippen LogP contribution in [-0.4, -0.2) is 7.28 Å². The van der Waals surface area contributed by atoms with E-state index in [0.29, 0.717) is 0 Å². The number of benzene rings is 4. The van der Waals surface area contributed by atoms with Gasteiger partial charge in [0.2, 0.25) is 0 Å². The third-order valence-corrected chi connectivity index (χ3v) is 4.62. The summed E-state index contributed by atoms with van der Waals surface area (Å²) in [6.07, 6.45) is 0.967. The molecule has 0 N–H and O–H groups in total. The van der Waals surface area contributed by atoms with Crippen LogP contribution in [0.5, 0.6) is 0 Å². The zero-order valence-corrected chi connectivity index (χ0v) is 14.2. The first-order chi connectivity index (χ1) is 11.7. The van der Waals surface area contributed by atoms with Crippen LogP contribution in [0.3, 0.4) is 0 Å². The molecule has 115 valence electrons. The Kier molecular flexibility index (Phi) is 3.86. The van der Waals surface area contributed by atoms with Crippen molar-refractivity contribution in [3.05, 3.63) is 89.5 Å². The lowest BCUT2D eigenvalue weighted by atomic mass is 9.63. The summed E-state index contributed by atoms with van der Waals surface area (Å²) in [7, 11) is 2.35. The van der Waals surface area contributed by atoms with Crippen LogP contribution < -0.4 is 5.46 Å². The molecule has 0 nitrogen and oxygen atoms in total. The van der Waals surface area contributed by atoms with Gasteiger partial charge >= 0.3 is 0 Å². The second-order valence-electron chi connectivity index (χ2n) is 6.67. The van der Waals surface area contributed by atoms with Gasteiger partial charge in [0.1, 0.15) is 0 Å². The van der Waals surface area contributed by atoms with E-state index in [2.05, 4.69) is 93.9 Å². The van der Waals surface area contributed by atoms with Crippen LogP contribution in [0.4, 0.5) is 0 Å². The third kappa shape index (κ3) is 2.95. The molecule has 0 aliphatic carbocycles. The molecule has 0 heterocycles. The lowest BCUT2D eigenvalue weighted by Gasteiger charge is -2.09. The zero-order chi connectivity index (χ0) is 16.5. The average Bonchev–Trinajstić information content (AvgIpc) is 2.57. The molecular formula is C23H20B. The first-order valence-electron chi connectivity index (χ1n) is 8.51. The maximum absolute atomic E-state index is 2.35. The lowest BCUT2D eigenvalue weighted by molar-refractivity contribution is 1.29. The minimum Gasteiger partial charge on any atom is -0.0797 e. The smallest absolute Gasteiger partial charge is 0.0797 e. The molecule has 0 aromatic heterocycles. The topological polar surface area (TPSA) is 0 Å². The van der Waals surface area contributed by atoms with Crippen molar-refractivity contribution in [3.63, 3.8) is 0 Å². The Hall–Kier alpha value is -2.54. The highest BCUT2D eigenvalue weighted by Gasteiger charge is 2.05. The molecule has 0 saturated carbocycles. The molecule has 24 heavy (non-hydrogen) atoms. The summed E-state index contributed by atoms with van der Waals surface area (Å²) in [5, 5.41) is 5.25. The van der Waals surface area contributed by atoms with Crippen molar-refractivity contribution >= 4 is 34.3 Å². The maximum atomic E-state index is 2.35. The van der Waals surface area contributed by atoms with Crippen molar-refractivity contribution in [2.24, 2.45) is 0 Å². The summed E-state index contributed by atoms with van der Waals surface area (Å²) in [6, 6.07) is 26.6. The zero-order valence-electron chi connectivity index (χ0n) is 14.2. The normalized spacial score (nSPS) is 11.1. The van der Waals surface area contributed by atoms with E-state index in [1.165, 1.54) is 43.7 Å². The van der Waals surface area contributed by atoms with Gasteiger partial charge in [-0.05, 0) is 53.8 Å². The summed E-state index contributed by atoms with van der Waals surface area (Å²) in [6.45, 7) is 4.33. The second kappa shape index (κ2) is 6.16. The molecule has 4 aromatic carbocycles. The van der Waals surface area contributed by atoms with E-state index < -0.39 is 0 Å². The van der Waals surface area contributed by atoms with E-state index in [4.69, 9.17) is 0 Å². The molecule has 0 unspecified atom stereocenters. The van der Waals surface area contributed by atoms with Gasteiger partial charge in [-0.3, -0.25) is 0 Å². The molecular weight excluding hydrogens is 287 g/mol. The predicted octanol–water partition coefficient (Wildman–Crippen LogP) is 5.14. The minimum atomic E-state index is 0.967. The second-order valence-corrected chi connectivity index (χ2v) is 6.67. The van der Waals surface area contributed by atoms with E-state index in [0.717, 1.165) is 6.32 Å². The summed E-state index contributed by atoms with van der Waals surface area (Å²) < 4.78 is 0. The largest absolute Gasteiger partial charge is 0.157 e.